The van der Waals surface area contributed by atoms with Gasteiger partial charge in [0.1, 0.15) is 29.7 Å². The van der Waals surface area contributed by atoms with Crippen LogP contribution < -0.4 is 15.6 Å². The highest BCUT2D eigenvalue weighted by molar-refractivity contribution is 5.76. The van der Waals surface area contributed by atoms with E-state index in [1.54, 1.807) is 48.3 Å². The van der Waals surface area contributed by atoms with Crippen molar-refractivity contribution >= 4 is 5.91 Å². The van der Waals surface area contributed by atoms with E-state index in [0.717, 1.165) is 16.8 Å². The molecule has 2 aromatic heterocycles. The second-order valence-corrected chi connectivity index (χ2v) is 6.52. The molecule has 1 amide bonds. The van der Waals surface area contributed by atoms with E-state index < -0.39 is 35.8 Å². The van der Waals surface area contributed by atoms with Crippen LogP contribution in [0.25, 0.3) is 0 Å². The van der Waals surface area contributed by atoms with Crippen molar-refractivity contribution in [2.24, 2.45) is 7.05 Å². The van der Waals surface area contributed by atoms with Gasteiger partial charge in [-0.1, -0.05) is 12.1 Å². The van der Waals surface area contributed by atoms with Crippen LogP contribution in [0, 0.1) is 0 Å². The molecule has 1 atom stereocenters. The van der Waals surface area contributed by atoms with E-state index in [-0.39, 0.29) is 0 Å². The molecule has 0 bridgehead atoms. The lowest BCUT2D eigenvalue weighted by Gasteiger charge is -2.20. The summed E-state index contributed by atoms with van der Waals surface area (Å²) in [5, 5.41) is 2.74. The van der Waals surface area contributed by atoms with Crippen molar-refractivity contribution in [2.45, 2.75) is 18.8 Å². The van der Waals surface area contributed by atoms with Crippen LogP contribution in [0.2, 0.25) is 0 Å². The monoisotopic (exact) mass is 420 g/mol. The summed E-state index contributed by atoms with van der Waals surface area (Å²) in [6.07, 6.45) is -0.389. The number of pyridine rings is 1. The standard InChI is InChI=1S/C20H19F3N4O3/c1-26-11-9-24-18(26)17(13-5-7-14(30-2)8-6-13)25-16(28)12-27-10-3-4-15(19(27)29)20(21,22)23/h3-11,17H,12H2,1-2H3,(H,25,28). The molecule has 3 aromatic rings. The summed E-state index contributed by atoms with van der Waals surface area (Å²) >= 11 is 0. The van der Waals surface area contributed by atoms with Crippen LogP contribution in [-0.2, 0) is 24.6 Å². The predicted molar refractivity (Wildman–Crippen MR) is 102 cm³/mol. The van der Waals surface area contributed by atoms with E-state index in [1.807, 2.05) is 0 Å². The van der Waals surface area contributed by atoms with Crippen molar-refractivity contribution in [3.63, 3.8) is 0 Å². The first kappa shape index (κ1) is 21.2. The summed E-state index contributed by atoms with van der Waals surface area (Å²) in [5.74, 6) is 0.504. The SMILES string of the molecule is COc1ccc(C(NC(=O)Cn2cccc(C(F)(F)F)c2=O)c2nccn2C)cc1. The molecule has 1 unspecified atom stereocenters. The summed E-state index contributed by atoms with van der Waals surface area (Å²) in [5.41, 5.74) is -1.92. The van der Waals surface area contributed by atoms with Crippen molar-refractivity contribution < 1.29 is 22.7 Å². The zero-order chi connectivity index (χ0) is 21.9. The number of alkyl halides is 3. The second kappa shape index (κ2) is 8.44. The molecule has 7 nitrogen and oxygen atoms in total. The average molecular weight is 420 g/mol. The summed E-state index contributed by atoms with van der Waals surface area (Å²) in [6, 6.07) is 8.01. The second-order valence-electron chi connectivity index (χ2n) is 6.52. The Bertz CT molecular complexity index is 1090. The zero-order valence-electron chi connectivity index (χ0n) is 16.2. The summed E-state index contributed by atoms with van der Waals surface area (Å²) in [6.45, 7) is -0.570. The first-order chi connectivity index (χ1) is 14.2. The Morgan fingerprint density at radius 1 is 1.20 bits per heavy atom. The van der Waals surface area contributed by atoms with Gasteiger partial charge in [-0.15, -0.1) is 0 Å². The molecule has 3 rings (SSSR count). The number of carbonyl (C=O) groups is 1. The van der Waals surface area contributed by atoms with E-state index in [0.29, 0.717) is 23.2 Å². The number of rotatable bonds is 6. The van der Waals surface area contributed by atoms with Gasteiger partial charge in [0.15, 0.2) is 0 Å². The maximum absolute atomic E-state index is 13.0. The molecular weight excluding hydrogens is 401 g/mol. The van der Waals surface area contributed by atoms with Crippen LogP contribution in [0.1, 0.15) is 23.0 Å². The molecule has 10 heteroatoms. The number of imidazole rings is 1. The van der Waals surface area contributed by atoms with Gasteiger partial charge in [0.05, 0.1) is 7.11 Å². The normalized spacial score (nSPS) is 12.4. The van der Waals surface area contributed by atoms with Crippen LogP contribution in [0.3, 0.4) is 0 Å². The summed E-state index contributed by atoms with van der Waals surface area (Å²) in [7, 11) is 3.28. The van der Waals surface area contributed by atoms with Gasteiger partial charge in [0.2, 0.25) is 5.91 Å². The molecule has 2 heterocycles. The number of benzene rings is 1. The number of aryl methyl sites for hydroxylation is 1. The lowest BCUT2D eigenvalue weighted by atomic mass is 10.1. The molecule has 30 heavy (non-hydrogen) atoms. The fraction of sp³-hybridized carbons (Fsp3) is 0.250. The fourth-order valence-electron chi connectivity index (χ4n) is 2.99. The minimum atomic E-state index is -4.80. The maximum atomic E-state index is 13.0. The Balaban J connectivity index is 1.87. The highest BCUT2D eigenvalue weighted by Gasteiger charge is 2.34. The third kappa shape index (κ3) is 4.53. The van der Waals surface area contributed by atoms with Gasteiger partial charge in [0, 0.05) is 25.6 Å². The van der Waals surface area contributed by atoms with Gasteiger partial charge >= 0.3 is 6.18 Å². The van der Waals surface area contributed by atoms with Gasteiger partial charge in [0.25, 0.3) is 5.56 Å². The number of amides is 1. The number of aromatic nitrogens is 3. The third-order valence-electron chi connectivity index (χ3n) is 4.51. The molecule has 0 aliphatic carbocycles. The maximum Gasteiger partial charge on any atom is 0.421 e. The van der Waals surface area contributed by atoms with Crippen molar-refractivity contribution in [1.82, 2.24) is 19.4 Å². The zero-order valence-corrected chi connectivity index (χ0v) is 16.2. The molecule has 0 fully saturated rings. The quantitative estimate of drug-likeness (QED) is 0.665. The number of nitrogens with zero attached hydrogens (tertiary/aromatic N) is 3. The molecule has 0 saturated heterocycles. The summed E-state index contributed by atoms with van der Waals surface area (Å²) < 4.78 is 46.4. The molecule has 0 saturated carbocycles. The Morgan fingerprint density at radius 3 is 2.47 bits per heavy atom. The number of hydrogen-bond acceptors (Lipinski definition) is 4. The van der Waals surface area contributed by atoms with Crippen molar-refractivity contribution in [1.29, 1.82) is 0 Å². The highest BCUT2D eigenvalue weighted by atomic mass is 19.4. The first-order valence-corrected chi connectivity index (χ1v) is 8.88. The largest absolute Gasteiger partial charge is 0.497 e. The Hall–Kier alpha value is -3.56. The van der Waals surface area contributed by atoms with Gasteiger partial charge in [-0.2, -0.15) is 13.2 Å². The average Bonchev–Trinajstić information content (AvgIpc) is 3.12. The van der Waals surface area contributed by atoms with Crippen LogP contribution in [0.4, 0.5) is 13.2 Å². The smallest absolute Gasteiger partial charge is 0.421 e. The third-order valence-corrected chi connectivity index (χ3v) is 4.51. The van der Waals surface area contributed by atoms with Gasteiger partial charge in [-0.05, 0) is 29.8 Å². The highest BCUT2D eigenvalue weighted by Crippen LogP contribution is 2.26. The topological polar surface area (TPSA) is 78.2 Å². The van der Waals surface area contributed by atoms with E-state index in [9.17, 15) is 22.8 Å². The Kier molecular flexibility index (Phi) is 5.95. The Labute approximate surface area is 169 Å². The number of halogens is 3. The molecule has 1 N–H and O–H groups in total. The molecule has 0 radical (unpaired) electrons. The van der Waals surface area contributed by atoms with E-state index in [2.05, 4.69) is 10.3 Å². The fourth-order valence-corrected chi connectivity index (χ4v) is 2.99. The van der Waals surface area contributed by atoms with Crippen molar-refractivity contribution in [3.8, 4) is 5.75 Å². The minimum Gasteiger partial charge on any atom is -0.497 e. The number of ether oxygens (including phenoxy) is 1. The Morgan fingerprint density at radius 2 is 1.90 bits per heavy atom. The van der Waals surface area contributed by atoms with E-state index >= 15 is 0 Å². The number of carbonyl (C=O) groups excluding carboxylic acids is 1. The van der Waals surface area contributed by atoms with Crippen molar-refractivity contribution in [3.05, 3.63) is 82.3 Å². The van der Waals surface area contributed by atoms with Crippen LogP contribution in [0.5, 0.6) is 5.75 Å². The number of nitrogens with one attached hydrogen (secondary N) is 1. The van der Waals surface area contributed by atoms with Gasteiger partial charge in [-0.3, -0.25) is 9.59 Å². The molecule has 158 valence electrons. The van der Waals surface area contributed by atoms with Crippen LogP contribution in [0.15, 0.2) is 59.8 Å². The minimum absolute atomic E-state index is 0.518. The summed E-state index contributed by atoms with van der Waals surface area (Å²) in [4.78, 5) is 29.0. The van der Waals surface area contributed by atoms with Crippen LogP contribution >= 0.6 is 0 Å². The van der Waals surface area contributed by atoms with E-state index in [1.165, 1.54) is 7.11 Å². The lowest BCUT2D eigenvalue weighted by Crippen LogP contribution is -2.37. The van der Waals surface area contributed by atoms with Crippen LogP contribution in [-0.4, -0.2) is 27.1 Å². The van der Waals surface area contributed by atoms with Crippen molar-refractivity contribution in [2.75, 3.05) is 7.11 Å². The predicted octanol–water partition coefficient (Wildman–Crippen LogP) is 2.52. The van der Waals surface area contributed by atoms with E-state index in [4.69, 9.17) is 4.74 Å². The molecule has 0 aliphatic heterocycles. The molecule has 1 aromatic carbocycles. The number of methoxy groups -OCH3 is 1. The number of hydrogen-bond donors (Lipinski definition) is 1. The lowest BCUT2D eigenvalue weighted by molar-refractivity contribution is -0.139. The molecular formula is C20H19F3N4O3. The molecule has 0 spiro atoms. The van der Waals surface area contributed by atoms with Gasteiger partial charge < -0.3 is 19.2 Å². The molecule has 0 aliphatic rings. The first-order valence-electron chi connectivity index (χ1n) is 8.88. The van der Waals surface area contributed by atoms with Gasteiger partial charge in [-0.25, -0.2) is 4.98 Å².